The Bertz CT molecular complexity index is 824. The number of amides is 2. The Morgan fingerprint density at radius 2 is 1.93 bits per heavy atom. The number of nitrogens with one attached hydrogen (secondary N) is 2. The van der Waals surface area contributed by atoms with Gasteiger partial charge in [0.05, 0.1) is 6.26 Å². The van der Waals surface area contributed by atoms with E-state index in [1.165, 1.54) is 19.1 Å². The average Bonchev–Trinajstić information content (AvgIpc) is 3.41. The number of hydrogen-bond donors (Lipinski definition) is 2. The van der Waals surface area contributed by atoms with Crippen molar-refractivity contribution in [2.45, 2.75) is 31.7 Å². The van der Waals surface area contributed by atoms with Crippen molar-refractivity contribution in [1.29, 1.82) is 0 Å². The number of carbonyl (C=O) groups is 2. The van der Waals surface area contributed by atoms with E-state index in [0.717, 1.165) is 38.4 Å². The zero-order chi connectivity index (χ0) is 20.1. The summed E-state index contributed by atoms with van der Waals surface area (Å²) in [5.41, 5.74) is 0.582. The third-order valence-electron chi connectivity index (χ3n) is 5.44. The van der Waals surface area contributed by atoms with Gasteiger partial charge in [-0.05, 0) is 62.4 Å². The molecule has 1 aliphatic heterocycles. The molecule has 1 aromatic heterocycles. The Morgan fingerprint density at radius 3 is 2.66 bits per heavy atom. The average molecular weight is 397 g/mol. The van der Waals surface area contributed by atoms with Crippen molar-refractivity contribution in [3.05, 3.63) is 48.4 Å². The van der Waals surface area contributed by atoms with Gasteiger partial charge in [0.1, 0.15) is 5.75 Å². The van der Waals surface area contributed by atoms with Crippen LogP contribution in [0.15, 0.2) is 47.1 Å². The first kappa shape index (κ1) is 19.5. The topological polar surface area (TPSA) is 83.8 Å². The number of nitrogens with zero attached hydrogens (tertiary/aromatic N) is 1. The van der Waals surface area contributed by atoms with Crippen molar-refractivity contribution >= 4 is 17.5 Å². The SMILES string of the molecule is O=C(Nc1cccc(OCC(=O)N2CCC(NCC3CC3)CC2)c1)c1ccco1. The Labute approximate surface area is 170 Å². The van der Waals surface area contributed by atoms with Crippen molar-refractivity contribution in [3.8, 4) is 5.75 Å². The summed E-state index contributed by atoms with van der Waals surface area (Å²) in [5, 5.41) is 6.37. The number of piperidine rings is 1. The van der Waals surface area contributed by atoms with E-state index < -0.39 is 0 Å². The lowest BCUT2D eigenvalue weighted by Crippen LogP contribution is -2.46. The van der Waals surface area contributed by atoms with Crippen molar-refractivity contribution in [1.82, 2.24) is 10.2 Å². The summed E-state index contributed by atoms with van der Waals surface area (Å²) in [7, 11) is 0. The molecule has 29 heavy (non-hydrogen) atoms. The standard InChI is InChI=1S/C22H27N3O4/c26-21(25-10-8-17(9-11-25)23-14-16-6-7-16)15-29-19-4-1-3-18(13-19)24-22(27)20-5-2-12-28-20/h1-5,12-13,16-17,23H,6-11,14-15H2,(H,24,27). The molecule has 2 aliphatic rings. The lowest BCUT2D eigenvalue weighted by molar-refractivity contribution is -0.134. The second kappa shape index (κ2) is 9.13. The molecule has 2 heterocycles. The van der Waals surface area contributed by atoms with Crippen LogP contribution in [0.3, 0.4) is 0 Å². The summed E-state index contributed by atoms with van der Waals surface area (Å²) in [6, 6.07) is 10.8. The molecule has 7 heteroatoms. The minimum atomic E-state index is -0.332. The predicted octanol–water partition coefficient (Wildman–Crippen LogP) is 2.90. The normalized spacial score (nSPS) is 17.2. The summed E-state index contributed by atoms with van der Waals surface area (Å²) in [6.45, 7) is 2.65. The van der Waals surface area contributed by atoms with Gasteiger partial charge < -0.3 is 24.7 Å². The van der Waals surface area contributed by atoms with Crippen LogP contribution in [0.25, 0.3) is 0 Å². The van der Waals surface area contributed by atoms with Gasteiger partial charge in [-0.15, -0.1) is 0 Å². The highest BCUT2D eigenvalue weighted by atomic mass is 16.5. The van der Waals surface area contributed by atoms with Crippen molar-refractivity contribution in [2.24, 2.45) is 5.92 Å². The Balaban J connectivity index is 1.21. The van der Waals surface area contributed by atoms with E-state index in [1.807, 2.05) is 4.90 Å². The number of ether oxygens (including phenoxy) is 1. The molecular weight excluding hydrogens is 370 g/mol. The smallest absolute Gasteiger partial charge is 0.291 e. The minimum Gasteiger partial charge on any atom is -0.484 e. The van der Waals surface area contributed by atoms with Gasteiger partial charge in [0.2, 0.25) is 0 Å². The van der Waals surface area contributed by atoms with Gasteiger partial charge in [-0.3, -0.25) is 9.59 Å². The fourth-order valence-corrected chi connectivity index (χ4v) is 3.49. The van der Waals surface area contributed by atoms with E-state index in [9.17, 15) is 9.59 Å². The molecule has 7 nitrogen and oxygen atoms in total. The van der Waals surface area contributed by atoms with Gasteiger partial charge in [0.25, 0.3) is 11.8 Å². The van der Waals surface area contributed by atoms with Crippen molar-refractivity contribution in [3.63, 3.8) is 0 Å². The van der Waals surface area contributed by atoms with Gasteiger partial charge in [-0.1, -0.05) is 6.07 Å². The van der Waals surface area contributed by atoms with E-state index in [2.05, 4.69) is 10.6 Å². The molecule has 1 aromatic carbocycles. The summed E-state index contributed by atoms with van der Waals surface area (Å²) >= 11 is 0. The third kappa shape index (κ3) is 5.60. The highest BCUT2D eigenvalue weighted by molar-refractivity contribution is 6.02. The number of anilines is 1. The third-order valence-corrected chi connectivity index (χ3v) is 5.44. The summed E-state index contributed by atoms with van der Waals surface area (Å²) < 4.78 is 10.7. The molecule has 1 saturated carbocycles. The van der Waals surface area contributed by atoms with E-state index in [-0.39, 0.29) is 24.2 Å². The molecule has 1 saturated heterocycles. The number of hydrogen-bond acceptors (Lipinski definition) is 5. The van der Waals surface area contributed by atoms with Crippen LogP contribution < -0.4 is 15.4 Å². The molecule has 0 unspecified atom stereocenters. The zero-order valence-electron chi connectivity index (χ0n) is 16.4. The van der Waals surface area contributed by atoms with Crippen LogP contribution in [0.5, 0.6) is 5.75 Å². The molecule has 1 aliphatic carbocycles. The first-order valence-corrected chi connectivity index (χ1v) is 10.3. The number of furan rings is 1. The first-order chi connectivity index (χ1) is 14.2. The van der Waals surface area contributed by atoms with Gasteiger partial charge >= 0.3 is 0 Å². The van der Waals surface area contributed by atoms with Crippen LogP contribution in [0.4, 0.5) is 5.69 Å². The molecule has 2 amide bonds. The molecule has 4 rings (SSSR count). The van der Waals surface area contributed by atoms with E-state index in [0.29, 0.717) is 17.5 Å². The van der Waals surface area contributed by atoms with Crippen LogP contribution in [-0.2, 0) is 4.79 Å². The quantitative estimate of drug-likeness (QED) is 0.716. The number of likely N-dealkylation sites (tertiary alicyclic amines) is 1. The fraction of sp³-hybridized carbons (Fsp3) is 0.455. The maximum atomic E-state index is 12.5. The van der Waals surface area contributed by atoms with E-state index in [4.69, 9.17) is 9.15 Å². The van der Waals surface area contributed by atoms with Crippen LogP contribution in [0.2, 0.25) is 0 Å². The summed E-state index contributed by atoms with van der Waals surface area (Å²) in [6.07, 6.45) is 6.15. The number of benzene rings is 1. The van der Waals surface area contributed by atoms with Crippen LogP contribution >= 0.6 is 0 Å². The number of carbonyl (C=O) groups excluding carboxylic acids is 2. The van der Waals surface area contributed by atoms with E-state index >= 15 is 0 Å². The molecule has 0 radical (unpaired) electrons. The minimum absolute atomic E-state index is 0.00401. The second-order valence-electron chi connectivity index (χ2n) is 7.75. The maximum Gasteiger partial charge on any atom is 0.291 e. The first-order valence-electron chi connectivity index (χ1n) is 10.3. The lowest BCUT2D eigenvalue weighted by Gasteiger charge is -2.32. The predicted molar refractivity (Wildman–Crippen MR) is 109 cm³/mol. The monoisotopic (exact) mass is 397 g/mol. The molecule has 0 atom stereocenters. The molecule has 0 bridgehead atoms. The van der Waals surface area contributed by atoms with Crippen molar-refractivity contribution < 1.29 is 18.7 Å². The largest absolute Gasteiger partial charge is 0.484 e. The Morgan fingerprint density at radius 1 is 1.10 bits per heavy atom. The second-order valence-corrected chi connectivity index (χ2v) is 7.75. The fourth-order valence-electron chi connectivity index (χ4n) is 3.49. The van der Waals surface area contributed by atoms with Gasteiger partial charge in [-0.25, -0.2) is 0 Å². The van der Waals surface area contributed by atoms with Crippen LogP contribution in [0.1, 0.15) is 36.2 Å². The molecule has 2 N–H and O–H groups in total. The molecular formula is C22H27N3O4. The highest BCUT2D eigenvalue weighted by Crippen LogP contribution is 2.28. The highest BCUT2D eigenvalue weighted by Gasteiger charge is 2.26. The Kier molecular flexibility index (Phi) is 6.14. The van der Waals surface area contributed by atoms with Gasteiger partial charge in [0.15, 0.2) is 12.4 Å². The molecule has 0 spiro atoms. The van der Waals surface area contributed by atoms with Crippen LogP contribution in [0, 0.1) is 5.92 Å². The molecule has 154 valence electrons. The molecule has 2 aromatic rings. The zero-order valence-corrected chi connectivity index (χ0v) is 16.4. The van der Waals surface area contributed by atoms with E-state index in [1.54, 1.807) is 36.4 Å². The van der Waals surface area contributed by atoms with Crippen molar-refractivity contribution in [2.75, 3.05) is 31.6 Å². The summed E-state index contributed by atoms with van der Waals surface area (Å²) in [5.74, 6) is 1.32. The van der Waals surface area contributed by atoms with Gasteiger partial charge in [-0.2, -0.15) is 0 Å². The van der Waals surface area contributed by atoms with Crippen LogP contribution in [-0.4, -0.2) is 49.0 Å². The number of rotatable bonds is 8. The Hall–Kier alpha value is -2.80. The maximum absolute atomic E-state index is 12.5. The summed E-state index contributed by atoms with van der Waals surface area (Å²) in [4.78, 5) is 26.4. The lowest BCUT2D eigenvalue weighted by atomic mass is 10.0. The molecule has 2 fully saturated rings. The van der Waals surface area contributed by atoms with Gasteiger partial charge in [0, 0.05) is 30.9 Å².